The molecule has 0 atom stereocenters. The number of nitrogens with zero attached hydrogens (tertiary/aromatic N) is 1. The van der Waals surface area contributed by atoms with E-state index in [2.05, 4.69) is 70.0 Å². The molecule has 0 amide bonds. The highest BCUT2D eigenvalue weighted by Crippen LogP contribution is 2.12. The van der Waals surface area contributed by atoms with E-state index in [9.17, 15) is 0 Å². The quantitative estimate of drug-likeness (QED) is 0.547. The predicted octanol–water partition coefficient (Wildman–Crippen LogP) is 4.62. The van der Waals surface area contributed by atoms with E-state index >= 15 is 0 Å². The summed E-state index contributed by atoms with van der Waals surface area (Å²) in [6.45, 7) is 17.6. The molecule has 110 valence electrons. The minimum absolute atomic E-state index is 0.766. The van der Waals surface area contributed by atoms with Crippen molar-refractivity contribution >= 4 is 23.5 Å². The van der Waals surface area contributed by atoms with Crippen LogP contribution in [0.1, 0.15) is 48.0 Å². The van der Waals surface area contributed by atoms with E-state index in [1.54, 1.807) is 0 Å². The fraction of sp³-hybridized carbons (Fsp3) is 1.00. The van der Waals surface area contributed by atoms with Crippen LogP contribution in [0.4, 0.5) is 0 Å². The topological polar surface area (TPSA) is 3.24 Å². The van der Waals surface area contributed by atoms with Crippen LogP contribution in [0.3, 0.4) is 0 Å². The summed E-state index contributed by atoms with van der Waals surface area (Å²) < 4.78 is 0. The Kier molecular flexibility index (Phi) is 11.9. The van der Waals surface area contributed by atoms with E-state index in [1.165, 1.54) is 37.6 Å². The van der Waals surface area contributed by atoms with Crippen molar-refractivity contribution in [2.45, 2.75) is 58.5 Å². The smallest absolute Gasteiger partial charge is 0.00728 e. The Bertz CT molecular complexity index is 167. The summed E-state index contributed by atoms with van der Waals surface area (Å²) >= 11 is 4.17. The van der Waals surface area contributed by atoms with Crippen molar-refractivity contribution in [3.63, 3.8) is 0 Å². The normalized spacial score (nSPS) is 12.3. The Hall–Kier alpha value is 0.660. The van der Waals surface area contributed by atoms with Gasteiger partial charge in [0.25, 0.3) is 0 Å². The summed E-state index contributed by atoms with van der Waals surface area (Å²) in [5.41, 5.74) is 0. The van der Waals surface area contributed by atoms with Crippen molar-refractivity contribution in [3.8, 4) is 0 Å². The van der Waals surface area contributed by atoms with Gasteiger partial charge in [0.05, 0.1) is 0 Å². The van der Waals surface area contributed by atoms with Crippen LogP contribution in [-0.2, 0) is 0 Å². The molecule has 0 aliphatic heterocycles. The second-order valence-electron chi connectivity index (χ2n) is 5.86. The predicted molar refractivity (Wildman–Crippen MR) is 91.1 cm³/mol. The first-order valence-corrected chi connectivity index (χ1v) is 9.47. The molecule has 1 nitrogen and oxygen atoms in total. The van der Waals surface area contributed by atoms with E-state index < -0.39 is 0 Å². The van der Waals surface area contributed by atoms with Crippen LogP contribution in [0.25, 0.3) is 0 Å². The van der Waals surface area contributed by atoms with Gasteiger partial charge >= 0.3 is 0 Å². The van der Waals surface area contributed by atoms with Crippen molar-refractivity contribution in [3.05, 3.63) is 0 Å². The summed E-state index contributed by atoms with van der Waals surface area (Å²) in [5, 5.41) is 1.53. The number of hydrogen-bond donors (Lipinski definition) is 0. The Balaban J connectivity index is 3.84. The molecule has 0 spiro atoms. The van der Waals surface area contributed by atoms with Crippen LogP contribution in [0.15, 0.2) is 0 Å². The van der Waals surface area contributed by atoms with Gasteiger partial charge in [-0.25, -0.2) is 0 Å². The van der Waals surface area contributed by atoms with Crippen LogP contribution in [-0.4, -0.2) is 46.5 Å². The molecule has 0 aromatic rings. The highest BCUT2D eigenvalue weighted by atomic mass is 32.2. The molecule has 0 N–H and O–H groups in total. The summed E-state index contributed by atoms with van der Waals surface area (Å²) in [6.07, 6.45) is 1.33. The first kappa shape index (κ1) is 18.7. The van der Waals surface area contributed by atoms with Crippen LogP contribution in [0.2, 0.25) is 0 Å². The number of thioether (sulfide) groups is 2. The molecular formula is C15H33NS2. The lowest BCUT2D eigenvalue weighted by Crippen LogP contribution is -2.31. The maximum atomic E-state index is 2.66. The first-order valence-electron chi connectivity index (χ1n) is 7.37. The molecule has 0 saturated carbocycles. The molecule has 0 unspecified atom stereocenters. The molecule has 0 aliphatic rings. The fourth-order valence-electron chi connectivity index (χ4n) is 1.61. The number of rotatable bonds is 11. The molecule has 0 aliphatic carbocycles. The molecule has 0 aromatic heterocycles. The molecule has 0 bridgehead atoms. The highest BCUT2D eigenvalue weighted by Gasteiger charge is 2.07. The fourth-order valence-corrected chi connectivity index (χ4v) is 3.28. The maximum absolute atomic E-state index is 2.66. The van der Waals surface area contributed by atoms with Gasteiger partial charge in [0.15, 0.2) is 0 Å². The zero-order chi connectivity index (χ0) is 14.0. The largest absolute Gasteiger partial charge is 0.302 e. The van der Waals surface area contributed by atoms with Gasteiger partial charge in [-0.1, -0.05) is 41.5 Å². The zero-order valence-electron chi connectivity index (χ0n) is 13.2. The van der Waals surface area contributed by atoms with Crippen LogP contribution < -0.4 is 0 Å². The molecular weight excluding hydrogens is 258 g/mol. The maximum Gasteiger partial charge on any atom is 0.00728 e. The lowest BCUT2D eigenvalue weighted by Gasteiger charge is -2.23. The van der Waals surface area contributed by atoms with Crippen molar-refractivity contribution in [2.75, 3.05) is 31.1 Å². The molecule has 0 radical (unpaired) electrons. The van der Waals surface area contributed by atoms with Gasteiger partial charge in [0, 0.05) is 24.6 Å². The average Bonchev–Trinajstić information content (AvgIpc) is 2.24. The minimum Gasteiger partial charge on any atom is -0.302 e. The second kappa shape index (κ2) is 11.5. The van der Waals surface area contributed by atoms with Crippen LogP contribution in [0, 0.1) is 5.92 Å². The highest BCUT2D eigenvalue weighted by molar-refractivity contribution is 8.00. The van der Waals surface area contributed by atoms with E-state index in [0.29, 0.717) is 0 Å². The summed E-state index contributed by atoms with van der Waals surface area (Å²) in [6, 6.07) is 0. The van der Waals surface area contributed by atoms with Gasteiger partial charge in [-0.3, -0.25) is 0 Å². The molecule has 0 fully saturated rings. The minimum atomic E-state index is 0.766. The van der Waals surface area contributed by atoms with Gasteiger partial charge in [-0.15, -0.1) is 0 Å². The van der Waals surface area contributed by atoms with Crippen molar-refractivity contribution < 1.29 is 0 Å². The van der Waals surface area contributed by atoms with E-state index in [0.717, 1.165) is 16.4 Å². The second-order valence-corrected chi connectivity index (χ2v) is 9.23. The Labute approximate surface area is 124 Å². The Morgan fingerprint density at radius 3 is 1.50 bits per heavy atom. The third-order valence-electron chi connectivity index (χ3n) is 2.74. The molecule has 3 heteroatoms. The van der Waals surface area contributed by atoms with Crippen molar-refractivity contribution in [2.24, 2.45) is 5.92 Å². The molecule has 0 aromatic carbocycles. The third kappa shape index (κ3) is 13.1. The van der Waals surface area contributed by atoms with Gasteiger partial charge < -0.3 is 4.90 Å². The Morgan fingerprint density at radius 1 is 0.722 bits per heavy atom. The lowest BCUT2D eigenvalue weighted by molar-refractivity contribution is 0.288. The SMILES string of the molecule is CC(C)CCN(CCSC(C)C)CCSC(C)C. The number of hydrogen-bond acceptors (Lipinski definition) is 3. The molecule has 0 heterocycles. The van der Waals surface area contributed by atoms with Crippen LogP contribution >= 0.6 is 23.5 Å². The van der Waals surface area contributed by atoms with Crippen molar-refractivity contribution in [1.82, 2.24) is 4.90 Å². The standard InChI is InChI=1S/C15H33NS2/c1-13(2)7-8-16(9-11-17-14(3)4)10-12-18-15(5)6/h13-15H,7-12H2,1-6H3. The molecule has 0 rings (SSSR count). The van der Waals surface area contributed by atoms with E-state index in [1.807, 2.05) is 0 Å². The lowest BCUT2D eigenvalue weighted by atomic mass is 10.1. The average molecular weight is 292 g/mol. The summed E-state index contributed by atoms with van der Waals surface area (Å²) in [7, 11) is 0. The Morgan fingerprint density at radius 2 is 1.17 bits per heavy atom. The van der Waals surface area contributed by atoms with Crippen LogP contribution in [0.5, 0.6) is 0 Å². The molecule has 18 heavy (non-hydrogen) atoms. The molecule has 0 saturated heterocycles. The monoisotopic (exact) mass is 291 g/mol. The van der Waals surface area contributed by atoms with E-state index in [-0.39, 0.29) is 0 Å². The summed E-state index contributed by atoms with van der Waals surface area (Å²) in [4.78, 5) is 2.66. The third-order valence-corrected chi connectivity index (χ3v) is 4.91. The van der Waals surface area contributed by atoms with Gasteiger partial charge in [0.1, 0.15) is 0 Å². The van der Waals surface area contributed by atoms with E-state index in [4.69, 9.17) is 0 Å². The van der Waals surface area contributed by atoms with Gasteiger partial charge in [0.2, 0.25) is 0 Å². The van der Waals surface area contributed by atoms with Gasteiger partial charge in [-0.2, -0.15) is 23.5 Å². The zero-order valence-corrected chi connectivity index (χ0v) is 14.9. The first-order chi connectivity index (χ1) is 8.41. The summed E-state index contributed by atoms with van der Waals surface area (Å²) in [5.74, 6) is 3.38. The van der Waals surface area contributed by atoms with Crippen molar-refractivity contribution in [1.29, 1.82) is 0 Å². The van der Waals surface area contributed by atoms with Gasteiger partial charge in [-0.05, 0) is 29.4 Å².